The van der Waals surface area contributed by atoms with Crippen LogP contribution < -0.4 is 4.74 Å². The molecule has 0 unspecified atom stereocenters. The summed E-state index contributed by atoms with van der Waals surface area (Å²) in [7, 11) is 0. The number of fused-ring (bicyclic) bond motifs is 3. The molecular weight excluding hydrogens is 565 g/mol. The van der Waals surface area contributed by atoms with Crippen LogP contribution in [0.5, 0.6) is 5.75 Å². The molecule has 2 heterocycles. The zero-order valence-electron chi connectivity index (χ0n) is 25.3. The maximum absolute atomic E-state index is 15.8. The number of hydrogen-bond acceptors (Lipinski definition) is 6. The molecule has 0 saturated carbocycles. The van der Waals surface area contributed by atoms with Crippen LogP contribution >= 0.6 is 0 Å². The van der Waals surface area contributed by atoms with Gasteiger partial charge in [0.05, 0.1) is 38.1 Å². The quantitative estimate of drug-likeness (QED) is 0.211. The number of carboxylic acids is 1. The minimum Gasteiger partial charge on any atom is -0.491 e. The molecule has 11 heteroatoms. The Balaban J connectivity index is 1.44. The lowest BCUT2D eigenvalue weighted by Crippen LogP contribution is -2.48. The minimum absolute atomic E-state index is 0.00219. The molecule has 1 aromatic heterocycles. The molecular formula is C32H41F3N2O6. The van der Waals surface area contributed by atoms with Gasteiger partial charge >= 0.3 is 5.97 Å². The number of halogens is 3. The van der Waals surface area contributed by atoms with Crippen LogP contribution in [0.1, 0.15) is 57.5 Å². The molecule has 1 aliphatic heterocycles. The third kappa shape index (κ3) is 8.29. The molecule has 0 aliphatic carbocycles. The number of carboxylic acid groups (broad SMARTS) is 1. The van der Waals surface area contributed by atoms with E-state index in [-0.39, 0.29) is 69.1 Å². The number of benzene rings is 2. The van der Waals surface area contributed by atoms with Crippen molar-refractivity contribution in [1.29, 1.82) is 0 Å². The summed E-state index contributed by atoms with van der Waals surface area (Å²) in [6, 6.07) is 9.04. The number of ether oxygens (including phenoxy) is 4. The van der Waals surface area contributed by atoms with Crippen molar-refractivity contribution in [2.45, 2.75) is 71.0 Å². The average Bonchev–Trinajstić information content (AvgIpc) is 3.29. The molecule has 43 heavy (non-hydrogen) atoms. The molecule has 0 fully saturated rings. The van der Waals surface area contributed by atoms with Crippen LogP contribution in [0.25, 0.3) is 10.9 Å². The molecule has 0 saturated heterocycles. The summed E-state index contributed by atoms with van der Waals surface area (Å²) in [5.41, 5.74) is 0.783. The number of nitrogens with one attached hydrogen (secondary N) is 1. The monoisotopic (exact) mass is 606 g/mol. The number of rotatable bonds is 15. The van der Waals surface area contributed by atoms with Crippen molar-refractivity contribution in [2.75, 3.05) is 39.6 Å². The fraction of sp³-hybridized carbons (Fsp3) is 0.531. The Morgan fingerprint density at radius 2 is 1.70 bits per heavy atom. The number of hydrogen-bond donors (Lipinski definition) is 2. The van der Waals surface area contributed by atoms with Gasteiger partial charge < -0.3 is 29.0 Å². The Morgan fingerprint density at radius 1 is 1.07 bits per heavy atom. The summed E-state index contributed by atoms with van der Waals surface area (Å²) < 4.78 is 68.4. The average molecular weight is 607 g/mol. The van der Waals surface area contributed by atoms with Crippen molar-refractivity contribution in [1.82, 2.24) is 9.88 Å². The van der Waals surface area contributed by atoms with E-state index in [0.29, 0.717) is 12.1 Å². The molecule has 0 radical (unpaired) electrons. The smallest absolute Gasteiger partial charge is 0.329 e. The molecule has 8 nitrogen and oxygen atoms in total. The SMILES string of the molecule is C[C@@H]1Cc2c([nH]c3ccccc23)[C@@H](c2c(F)cc(OCCO[C@H](C)[C@@H](C)OCCOCC(=O)O)cc2F)N1CC(C)(C)F. The first-order valence-electron chi connectivity index (χ1n) is 14.5. The van der Waals surface area contributed by atoms with E-state index in [9.17, 15) is 9.18 Å². The van der Waals surface area contributed by atoms with E-state index in [2.05, 4.69) is 4.98 Å². The highest BCUT2D eigenvalue weighted by molar-refractivity contribution is 5.85. The molecule has 2 aromatic carbocycles. The van der Waals surface area contributed by atoms with Gasteiger partial charge in [0, 0.05) is 46.9 Å². The minimum atomic E-state index is -1.58. The second-order valence-corrected chi connectivity index (χ2v) is 11.7. The van der Waals surface area contributed by atoms with Crippen LogP contribution in [0, 0.1) is 11.6 Å². The number of carbonyl (C=O) groups is 1. The van der Waals surface area contributed by atoms with Crippen molar-refractivity contribution in [2.24, 2.45) is 0 Å². The summed E-state index contributed by atoms with van der Waals surface area (Å²) in [5, 5.41) is 9.57. The van der Waals surface area contributed by atoms with Crippen LogP contribution in [0.4, 0.5) is 13.2 Å². The van der Waals surface area contributed by atoms with Crippen molar-refractivity contribution in [3.05, 3.63) is 64.9 Å². The van der Waals surface area contributed by atoms with E-state index in [1.54, 1.807) is 0 Å². The van der Waals surface area contributed by atoms with Gasteiger partial charge in [0.25, 0.3) is 0 Å². The van der Waals surface area contributed by atoms with E-state index in [1.165, 1.54) is 13.8 Å². The first kappa shape index (κ1) is 32.8. The third-order valence-electron chi connectivity index (χ3n) is 7.63. The number of aromatic nitrogens is 1. The standard InChI is InChI=1S/C32H41F3N2O6/c1-19-14-24-23-8-6-7-9-27(23)36-30(24)31(37(19)18-32(4,5)35)29-25(33)15-22(16-26(29)34)43-13-12-42-21(3)20(2)41-11-10-40-17-28(38)39/h6-9,15-16,19-21,31,36H,10-14,17-18H2,1-5H3,(H,38,39)/t19-,20-,21-,31-/m1/s1. The normalized spacial score (nSPS) is 18.9. The molecule has 2 N–H and O–H groups in total. The largest absolute Gasteiger partial charge is 0.491 e. The van der Waals surface area contributed by atoms with Crippen LogP contribution in [0.2, 0.25) is 0 Å². The lowest BCUT2D eigenvalue weighted by Gasteiger charge is -2.43. The van der Waals surface area contributed by atoms with Gasteiger partial charge in [-0.2, -0.15) is 0 Å². The highest BCUT2D eigenvalue weighted by Crippen LogP contribution is 2.43. The lowest BCUT2D eigenvalue weighted by molar-refractivity contribution is -0.143. The first-order valence-corrected chi connectivity index (χ1v) is 14.5. The number of aromatic amines is 1. The topological polar surface area (TPSA) is 93.2 Å². The van der Waals surface area contributed by atoms with Gasteiger partial charge in [-0.05, 0) is 52.7 Å². The summed E-state index contributed by atoms with van der Waals surface area (Å²) in [4.78, 5) is 15.7. The van der Waals surface area contributed by atoms with E-state index in [1.807, 2.05) is 49.9 Å². The van der Waals surface area contributed by atoms with Crippen LogP contribution in [-0.2, 0) is 25.4 Å². The fourth-order valence-electron chi connectivity index (χ4n) is 5.52. The van der Waals surface area contributed by atoms with Crippen molar-refractivity contribution in [3.8, 4) is 5.75 Å². The van der Waals surface area contributed by atoms with E-state index >= 15 is 8.78 Å². The molecule has 0 bridgehead atoms. The van der Waals surface area contributed by atoms with E-state index in [4.69, 9.17) is 24.1 Å². The van der Waals surface area contributed by atoms with Crippen molar-refractivity contribution in [3.63, 3.8) is 0 Å². The van der Waals surface area contributed by atoms with Crippen molar-refractivity contribution >= 4 is 16.9 Å². The third-order valence-corrected chi connectivity index (χ3v) is 7.63. The Morgan fingerprint density at radius 3 is 2.33 bits per heavy atom. The van der Waals surface area contributed by atoms with Crippen LogP contribution in [0.15, 0.2) is 36.4 Å². The fourth-order valence-corrected chi connectivity index (χ4v) is 5.52. The van der Waals surface area contributed by atoms with Crippen molar-refractivity contribution < 1.29 is 42.0 Å². The zero-order chi connectivity index (χ0) is 31.3. The zero-order valence-corrected chi connectivity index (χ0v) is 25.3. The number of para-hydroxylation sites is 1. The van der Waals surface area contributed by atoms with Crippen LogP contribution in [0.3, 0.4) is 0 Å². The van der Waals surface area contributed by atoms with Gasteiger partial charge in [-0.1, -0.05) is 18.2 Å². The highest BCUT2D eigenvalue weighted by atomic mass is 19.1. The molecule has 4 atom stereocenters. The highest BCUT2D eigenvalue weighted by Gasteiger charge is 2.41. The molecule has 0 amide bonds. The Bertz CT molecular complexity index is 1370. The van der Waals surface area contributed by atoms with Gasteiger partial charge in [0.2, 0.25) is 0 Å². The predicted molar refractivity (Wildman–Crippen MR) is 156 cm³/mol. The lowest BCUT2D eigenvalue weighted by atomic mass is 9.87. The summed E-state index contributed by atoms with van der Waals surface area (Å²) in [6.07, 6.45) is 0.00689. The Hall–Kier alpha value is -3.12. The first-order chi connectivity index (χ1) is 20.4. The summed E-state index contributed by atoms with van der Waals surface area (Å²) >= 11 is 0. The molecule has 4 rings (SSSR count). The van der Waals surface area contributed by atoms with E-state index < -0.39 is 29.3 Å². The summed E-state index contributed by atoms with van der Waals surface area (Å²) in [5.74, 6) is -2.58. The Kier molecular flexibility index (Phi) is 10.8. The van der Waals surface area contributed by atoms with Gasteiger partial charge in [0.1, 0.15) is 36.3 Å². The maximum atomic E-state index is 15.8. The molecule has 0 spiro atoms. The number of nitrogens with zero attached hydrogens (tertiary/aromatic N) is 1. The predicted octanol–water partition coefficient (Wildman–Crippen LogP) is 5.82. The molecule has 1 aliphatic rings. The molecule has 236 valence electrons. The van der Waals surface area contributed by atoms with E-state index in [0.717, 1.165) is 28.6 Å². The van der Waals surface area contributed by atoms with Gasteiger partial charge in [0.15, 0.2) is 0 Å². The maximum Gasteiger partial charge on any atom is 0.329 e. The van der Waals surface area contributed by atoms with Gasteiger partial charge in [-0.15, -0.1) is 0 Å². The Labute approximate surface area is 250 Å². The second-order valence-electron chi connectivity index (χ2n) is 11.7. The summed E-state index contributed by atoms with van der Waals surface area (Å²) in [6.45, 7) is 8.67. The second kappa shape index (κ2) is 14.1. The van der Waals surface area contributed by atoms with Crippen LogP contribution in [-0.4, -0.2) is 84.5 Å². The number of H-pyrrole nitrogens is 1. The molecule has 3 aromatic rings. The number of aliphatic carboxylic acids is 1. The number of alkyl halides is 1. The van der Waals surface area contributed by atoms with Gasteiger partial charge in [-0.3, -0.25) is 4.90 Å². The van der Waals surface area contributed by atoms with Gasteiger partial charge in [-0.25, -0.2) is 18.0 Å².